The molecule has 0 radical (unpaired) electrons. The molecule has 1 heterocycles. The zero-order valence-electron chi connectivity index (χ0n) is 12.5. The van der Waals surface area contributed by atoms with Crippen LogP contribution in [0.5, 0.6) is 0 Å². The number of nitrogen functional groups attached to an aromatic ring is 1. The van der Waals surface area contributed by atoms with Crippen LogP contribution in [0.1, 0.15) is 11.1 Å². The van der Waals surface area contributed by atoms with Gasteiger partial charge in [-0.15, -0.1) is 5.10 Å². The summed E-state index contributed by atoms with van der Waals surface area (Å²) in [7, 11) is 0. The largest absolute Gasteiger partial charge is 0.437 e. The molecule has 5 nitrogen and oxygen atoms in total. The molecule has 1 aromatic heterocycles. The van der Waals surface area contributed by atoms with E-state index in [-0.39, 0.29) is 12.4 Å². The molecule has 0 fully saturated rings. The molecule has 2 aromatic carbocycles. The third-order valence-electron chi connectivity index (χ3n) is 3.49. The number of halogens is 3. The molecule has 0 aliphatic heterocycles. The highest BCUT2D eigenvalue weighted by atomic mass is 35.5. The zero-order chi connectivity index (χ0) is 17.4. The van der Waals surface area contributed by atoms with Crippen LogP contribution in [0.25, 0.3) is 11.5 Å². The Kier molecular flexibility index (Phi) is 4.58. The van der Waals surface area contributed by atoms with E-state index in [0.717, 1.165) is 11.1 Å². The van der Waals surface area contributed by atoms with Crippen LogP contribution in [0.2, 0.25) is 15.1 Å². The van der Waals surface area contributed by atoms with Crippen molar-refractivity contribution >= 4 is 40.5 Å². The third-order valence-corrected chi connectivity index (χ3v) is 4.25. The van der Waals surface area contributed by atoms with Gasteiger partial charge in [-0.3, -0.25) is 0 Å². The van der Waals surface area contributed by atoms with Crippen LogP contribution < -0.4 is 11.5 Å². The fourth-order valence-electron chi connectivity index (χ4n) is 2.28. The van der Waals surface area contributed by atoms with Crippen LogP contribution in [0, 0.1) is 6.92 Å². The zero-order valence-corrected chi connectivity index (χ0v) is 14.8. The van der Waals surface area contributed by atoms with Crippen LogP contribution in [0.4, 0.5) is 5.69 Å². The van der Waals surface area contributed by atoms with Crippen LogP contribution in [0.15, 0.2) is 39.5 Å². The smallest absolute Gasteiger partial charge is 0.398 e. The van der Waals surface area contributed by atoms with E-state index in [0.29, 0.717) is 26.3 Å². The van der Waals surface area contributed by atoms with Crippen molar-refractivity contribution < 1.29 is 4.42 Å². The van der Waals surface area contributed by atoms with E-state index in [4.69, 9.17) is 45.0 Å². The van der Waals surface area contributed by atoms with Crippen LogP contribution in [0.3, 0.4) is 0 Å². The number of benzene rings is 2. The first-order valence-corrected chi connectivity index (χ1v) is 8.06. The summed E-state index contributed by atoms with van der Waals surface area (Å²) < 4.78 is 6.41. The highest BCUT2D eigenvalue weighted by molar-refractivity contribution is 6.35. The Labute approximate surface area is 152 Å². The number of rotatable bonds is 3. The monoisotopic (exact) mass is 383 g/mol. The minimum absolute atomic E-state index is 0.142. The summed E-state index contributed by atoms with van der Waals surface area (Å²) in [5.41, 5.74) is 8.49. The second kappa shape index (κ2) is 6.51. The van der Waals surface area contributed by atoms with Gasteiger partial charge in [-0.1, -0.05) is 34.8 Å². The Morgan fingerprint density at radius 2 is 1.79 bits per heavy atom. The Morgan fingerprint density at radius 1 is 1.12 bits per heavy atom. The van der Waals surface area contributed by atoms with Gasteiger partial charge in [-0.25, -0.2) is 4.79 Å². The minimum atomic E-state index is -0.589. The maximum Gasteiger partial charge on any atom is 0.437 e. The summed E-state index contributed by atoms with van der Waals surface area (Å²) in [5.74, 6) is -0.447. The lowest BCUT2D eigenvalue weighted by molar-refractivity contribution is 0.495. The second-order valence-electron chi connectivity index (χ2n) is 5.29. The predicted molar refractivity (Wildman–Crippen MR) is 95.9 cm³/mol. The molecule has 124 valence electrons. The van der Waals surface area contributed by atoms with Gasteiger partial charge in [0.25, 0.3) is 0 Å². The highest BCUT2D eigenvalue weighted by Crippen LogP contribution is 2.26. The number of nitrogens with two attached hydrogens (primary N) is 1. The molecule has 0 bridgehead atoms. The molecule has 8 heteroatoms. The highest BCUT2D eigenvalue weighted by Gasteiger charge is 2.13. The molecule has 0 saturated heterocycles. The summed E-state index contributed by atoms with van der Waals surface area (Å²) in [5, 5.41) is 5.48. The molecule has 0 aliphatic rings. The number of nitrogens with zero attached hydrogens (tertiary/aromatic N) is 2. The molecule has 0 saturated carbocycles. The van der Waals surface area contributed by atoms with Gasteiger partial charge < -0.3 is 10.2 Å². The average molecular weight is 385 g/mol. The van der Waals surface area contributed by atoms with Crippen molar-refractivity contribution in [1.29, 1.82) is 0 Å². The molecule has 0 spiro atoms. The SMILES string of the molecule is Cc1cc(N)c(Cl)cc1Cn1nc(-c2cc(Cl)cc(Cl)c2)oc1=O. The van der Waals surface area contributed by atoms with E-state index >= 15 is 0 Å². The van der Waals surface area contributed by atoms with Gasteiger partial charge in [0.15, 0.2) is 0 Å². The van der Waals surface area contributed by atoms with Crippen molar-refractivity contribution in [3.63, 3.8) is 0 Å². The average Bonchev–Trinajstić information content (AvgIpc) is 2.85. The summed E-state index contributed by atoms with van der Waals surface area (Å²) in [4.78, 5) is 12.1. The van der Waals surface area contributed by atoms with E-state index in [2.05, 4.69) is 5.10 Å². The maximum atomic E-state index is 12.1. The van der Waals surface area contributed by atoms with Gasteiger partial charge in [0.05, 0.1) is 17.3 Å². The summed E-state index contributed by atoms with van der Waals surface area (Å²) in [6.07, 6.45) is 0. The number of aromatic nitrogens is 2. The topological polar surface area (TPSA) is 74.1 Å². The van der Waals surface area contributed by atoms with E-state index in [1.807, 2.05) is 6.92 Å². The lowest BCUT2D eigenvalue weighted by Gasteiger charge is -2.07. The van der Waals surface area contributed by atoms with Crippen molar-refractivity contribution in [2.75, 3.05) is 5.73 Å². The van der Waals surface area contributed by atoms with Gasteiger partial charge in [0.1, 0.15) is 0 Å². The Bertz CT molecular complexity index is 959. The second-order valence-corrected chi connectivity index (χ2v) is 6.57. The Balaban J connectivity index is 1.98. The van der Waals surface area contributed by atoms with E-state index in [1.54, 1.807) is 30.3 Å². The standard InChI is InChI=1S/C16H12Cl3N3O2/c1-8-2-14(20)13(19)5-10(8)7-22-16(23)24-15(21-22)9-3-11(17)6-12(18)4-9/h2-6H,7,20H2,1H3. The molecule has 3 rings (SSSR count). The van der Waals surface area contributed by atoms with Crippen LogP contribution in [-0.4, -0.2) is 9.78 Å². The van der Waals surface area contributed by atoms with Crippen molar-refractivity contribution in [1.82, 2.24) is 9.78 Å². The third kappa shape index (κ3) is 3.43. The molecule has 0 unspecified atom stereocenters. The molecule has 0 aliphatic carbocycles. The maximum absolute atomic E-state index is 12.1. The van der Waals surface area contributed by atoms with Crippen molar-refractivity contribution in [2.45, 2.75) is 13.5 Å². The fourth-order valence-corrected chi connectivity index (χ4v) is 2.99. The Hall–Kier alpha value is -1.95. The summed E-state index contributed by atoms with van der Waals surface area (Å²) in [6.45, 7) is 2.09. The first-order valence-electron chi connectivity index (χ1n) is 6.92. The predicted octanol–water partition coefficient (Wildman–Crippen LogP) is 4.40. The van der Waals surface area contributed by atoms with Gasteiger partial charge in [0.2, 0.25) is 5.89 Å². The number of aryl methyl sites for hydroxylation is 1. The van der Waals surface area contributed by atoms with Crippen LogP contribution in [-0.2, 0) is 6.54 Å². The molecule has 0 atom stereocenters. The van der Waals surface area contributed by atoms with E-state index in [9.17, 15) is 4.79 Å². The molecule has 3 aromatic rings. The normalized spacial score (nSPS) is 11.0. The molecular weight excluding hydrogens is 373 g/mol. The molecule has 2 N–H and O–H groups in total. The molecule has 0 amide bonds. The number of anilines is 1. The molecule has 24 heavy (non-hydrogen) atoms. The van der Waals surface area contributed by atoms with Crippen LogP contribution >= 0.6 is 34.8 Å². The van der Waals surface area contributed by atoms with Crippen molar-refractivity contribution in [3.8, 4) is 11.5 Å². The molecular formula is C16H12Cl3N3O2. The first-order chi connectivity index (χ1) is 11.3. The summed E-state index contributed by atoms with van der Waals surface area (Å²) in [6, 6.07) is 8.29. The number of hydrogen-bond donors (Lipinski definition) is 1. The number of hydrogen-bond acceptors (Lipinski definition) is 4. The van der Waals surface area contributed by atoms with Gasteiger partial charge in [-0.05, 0) is 48.4 Å². The lowest BCUT2D eigenvalue weighted by atomic mass is 10.1. The van der Waals surface area contributed by atoms with Crippen molar-refractivity contribution in [3.05, 3.63) is 67.1 Å². The quantitative estimate of drug-likeness (QED) is 0.679. The lowest BCUT2D eigenvalue weighted by Crippen LogP contribution is -2.17. The van der Waals surface area contributed by atoms with Crippen molar-refractivity contribution in [2.24, 2.45) is 0 Å². The summed E-state index contributed by atoms with van der Waals surface area (Å²) >= 11 is 18.0. The fraction of sp³-hybridized carbons (Fsp3) is 0.125. The van der Waals surface area contributed by atoms with Gasteiger partial charge >= 0.3 is 5.76 Å². The Morgan fingerprint density at radius 3 is 2.46 bits per heavy atom. The first kappa shape index (κ1) is 16.9. The van der Waals surface area contributed by atoms with Gasteiger partial charge in [-0.2, -0.15) is 4.68 Å². The minimum Gasteiger partial charge on any atom is -0.398 e. The van der Waals surface area contributed by atoms with Gasteiger partial charge in [0, 0.05) is 15.6 Å². The van der Waals surface area contributed by atoms with E-state index < -0.39 is 5.76 Å². The van der Waals surface area contributed by atoms with E-state index in [1.165, 1.54) is 4.68 Å².